The first-order chi connectivity index (χ1) is 25.3. The summed E-state index contributed by atoms with van der Waals surface area (Å²) in [7, 11) is 5.47. The Morgan fingerprint density at radius 2 is 1.09 bits per heavy atom. The van der Waals surface area contributed by atoms with Gasteiger partial charge in [0.1, 0.15) is 0 Å². The highest BCUT2D eigenvalue weighted by Crippen LogP contribution is 2.37. The highest BCUT2D eigenvalue weighted by atomic mass is 16.5. The first-order valence-corrected chi connectivity index (χ1v) is 17.9. The van der Waals surface area contributed by atoms with Crippen LogP contribution >= 0.6 is 0 Å². The molecule has 4 rings (SSSR count). The Kier molecular flexibility index (Phi) is 13.7. The maximum absolute atomic E-state index is 12.4. The van der Waals surface area contributed by atoms with Crippen molar-refractivity contribution in [2.45, 2.75) is 99.3 Å². The van der Waals surface area contributed by atoms with Crippen LogP contribution in [0.25, 0.3) is 12.2 Å². The van der Waals surface area contributed by atoms with Crippen LogP contribution in [-0.2, 0) is 57.4 Å². The van der Waals surface area contributed by atoms with Crippen LogP contribution in [0, 0.1) is 20.8 Å². The summed E-state index contributed by atoms with van der Waals surface area (Å²) in [6, 6.07) is 0. The van der Waals surface area contributed by atoms with Gasteiger partial charge in [0.25, 0.3) is 0 Å². The lowest BCUT2D eigenvalue weighted by Crippen LogP contribution is -2.09. The smallest absolute Gasteiger partial charge is 0.310 e. The molecule has 53 heavy (non-hydrogen) atoms. The predicted octanol–water partition coefficient (Wildman–Crippen LogP) is 6.87. The van der Waals surface area contributed by atoms with Crippen molar-refractivity contribution in [3.8, 4) is 0 Å². The summed E-state index contributed by atoms with van der Waals surface area (Å²) in [6.07, 6.45) is 7.32. The Hall–Kier alpha value is -5.26. The number of hydrogen-bond donors (Lipinski definition) is 2. The van der Waals surface area contributed by atoms with Crippen LogP contribution in [0.5, 0.6) is 0 Å². The van der Waals surface area contributed by atoms with Gasteiger partial charge in [-0.25, -0.2) is 0 Å². The van der Waals surface area contributed by atoms with Crippen molar-refractivity contribution >= 4 is 47.5 Å². The van der Waals surface area contributed by atoms with Gasteiger partial charge in [0.05, 0.1) is 57.7 Å². The fourth-order valence-electron chi connectivity index (χ4n) is 7.05. The number of allylic oxidation sites excluding steroid dienone is 4. The highest BCUT2D eigenvalue weighted by molar-refractivity contribution is 6.21. The number of aromatic nitrogens is 2. The van der Waals surface area contributed by atoms with Crippen molar-refractivity contribution in [1.82, 2.24) is 9.97 Å². The number of esters is 4. The summed E-state index contributed by atoms with van der Waals surface area (Å²) in [5.74, 6) is -1.30. The standard InChI is InChI=1S/C41H52N4O8/c1-11-27-22(2)33(19-32-23(3)28(25(5)42-32)12-15-38(46)50-7)44-35(27)20-34-24(4)29(13-16-39(47)51-8)36(45-34)21-37-30(14-17-40(48)52-9)31(26(6)43-37)18-41(49)53-10/h19,21,42-43H,11-18,20H2,1-10H3/b33-19-,36-21-. The molecule has 2 aromatic rings. The molecule has 12 nitrogen and oxygen atoms in total. The van der Waals surface area contributed by atoms with E-state index in [4.69, 9.17) is 28.9 Å². The lowest BCUT2D eigenvalue weighted by Gasteiger charge is -2.08. The van der Waals surface area contributed by atoms with Crippen LogP contribution < -0.4 is 0 Å². The molecule has 0 saturated heterocycles. The second-order valence-electron chi connectivity index (χ2n) is 13.3. The molecule has 4 heterocycles. The molecule has 12 heteroatoms. The average Bonchev–Trinajstić information content (AvgIpc) is 3.80. The number of aromatic amines is 2. The quantitative estimate of drug-likeness (QED) is 0.140. The summed E-state index contributed by atoms with van der Waals surface area (Å²) in [4.78, 5) is 65.8. The minimum absolute atomic E-state index is 0.0502. The zero-order valence-corrected chi connectivity index (χ0v) is 32.7. The highest BCUT2D eigenvalue weighted by Gasteiger charge is 2.28. The second-order valence-corrected chi connectivity index (χ2v) is 13.3. The fraction of sp³-hybridized carbons (Fsp3) is 0.463. The van der Waals surface area contributed by atoms with Gasteiger partial charge in [-0.15, -0.1) is 0 Å². The van der Waals surface area contributed by atoms with E-state index >= 15 is 0 Å². The number of carbonyl (C=O) groups is 4. The molecular weight excluding hydrogens is 676 g/mol. The van der Waals surface area contributed by atoms with Crippen LogP contribution in [0.1, 0.15) is 104 Å². The summed E-state index contributed by atoms with van der Waals surface area (Å²) in [5, 5.41) is 0. The molecule has 2 N–H and O–H groups in total. The number of H-pyrrole nitrogens is 2. The molecule has 0 atom stereocenters. The number of ether oxygens (including phenoxy) is 4. The molecular formula is C41H52N4O8. The van der Waals surface area contributed by atoms with Gasteiger partial charge in [-0.1, -0.05) is 6.92 Å². The van der Waals surface area contributed by atoms with Crippen LogP contribution in [0.2, 0.25) is 0 Å². The predicted molar refractivity (Wildman–Crippen MR) is 205 cm³/mol. The van der Waals surface area contributed by atoms with E-state index in [1.54, 1.807) is 0 Å². The number of aryl methyl sites for hydroxylation is 2. The van der Waals surface area contributed by atoms with E-state index in [1.165, 1.54) is 28.4 Å². The fourth-order valence-corrected chi connectivity index (χ4v) is 7.05. The Balaban J connectivity index is 1.75. The third-order valence-corrected chi connectivity index (χ3v) is 10.2. The minimum atomic E-state index is -0.386. The second kappa shape index (κ2) is 18.0. The van der Waals surface area contributed by atoms with Gasteiger partial charge < -0.3 is 28.9 Å². The molecule has 284 valence electrons. The lowest BCUT2D eigenvalue weighted by molar-refractivity contribution is -0.141. The van der Waals surface area contributed by atoms with Crippen molar-refractivity contribution in [3.05, 3.63) is 78.7 Å². The molecule has 0 aliphatic carbocycles. The Labute approximate surface area is 311 Å². The van der Waals surface area contributed by atoms with E-state index < -0.39 is 0 Å². The summed E-state index contributed by atoms with van der Waals surface area (Å²) < 4.78 is 19.7. The number of hydrogen-bond acceptors (Lipinski definition) is 10. The Morgan fingerprint density at radius 3 is 1.68 bits per heavy atom. The van der Waals surface area contributed by atoms with Crippen molar-refractivity contribution < 1.29 is 38.1 Å². The molecule has 0 unspecified atom stereocenters. The number of rotatable bonds is 16. The van der Waals surface area contributed by atoms with Gasteiger partial charge >= 0.3 is 23.9 Å². The van der Waals surface area contributed by atoms with Crippen molar-refractivity contribution in [2.75, 3.05) is 28.4 Å². The summed E-state index contributed by atoms with van der Waals surface area (Å²) in [6.45, 7) is 12.2. The SMILES string of the molecule is CCC1=C(C)/C(=C/c2[nH]c(C)c(CCC(=O)OC)c2C)N=C1CC1=N/C(=C\c2[nH]c(C)c(CC(=O)OC)c2CCC(=O)OC)C(CCC(=O)OC)=C1C. The monoisotopic (exact) mass is 728 g/mol. The first kappa shape index (κ1) is 40.5. The third kappa shape index (κ3) is 9.40. The van der Waals surface area contributed by atoms with Crippen molar-refractivity contribution in [3.63, 3.8) is 0 Å². The van der Waals surface area contributed by atoms with E-state index in [9.17, 15) is 19.2 Å². The number of nitrogens with zero attached hydrogens (tertiary/aromatic N) is 2. The third-order valence-electron chi connectivity index (χ3n) is 10.2. The zero-order chi connectivity index (χ0) is 39.0. The zero-order valence-electron chi connectivity index (χ0n) is 32.7. The van der Waals surface area contributed by atoms with Crippen molar-refractivity contribution in [1.29, 1.82) is 0 Å². The lowest BCUT2D eigenvalue weighted by atomic mass is 9.94. The van der Waals surface area contributed by atoms with Gasteiger partial charge in [0, 0.05) is 48.5 Å². The molecule has 0 saturated carbocycles. The number of methoxy groups -OCH3 is 4. The maximum atomic E-state index is 12.4. The van der Waals surface area contributed by atoms with Crippen LogP contribution in [0.3, 0.4) is 0 Å². The molecule has 2 aliphatic heterocycles. The number of nitrogens with one attached hydrogen (secondary N) is 2. The summed E-state index contributed by atoms with van der Waals surface area (Å²) >= 11 is 0. The van der Waals surface area contributed by atoms with E-state index in [0.29, 0.717) is 37.8 Å². The molecule has 2 aromatic heterocycles. The first-order valence-electron chi connectivity index (χ1n) is 17.9. The minimum Gasteiger partial charge on any atom is -0.469 e. The molecule has 0 aromatic carbocycles. The van der Waals surface area contributed by atoms with Crippen LogP contribution in [0.15, 0.2) is 43.7 Å². The summed E-state index contributed by atoms with van der Waals surface area (Å²) in [5.41, 5.74) is 14.7. The van der Waals surface area contributed by atoms with Crippen LogP contribution in [-0.4, -0.2) is 73.7 Å². The molecule has 0 radical (unpaired) electrons. The van der Waals surface area contributed by atoms with Crippen molar-refractivity contribution in [2.24, 2.45) is 9.98 Å². The van der Waals surface area contributed by atoms with E-state index in [1.807, 2.05) is 26.8 Å². The van der Waals surface area contributed by atoms with Crippen LogP contribution in [0.4, 0.5) is 0 Å². The molecule has 0 spiro atoms. The Morgan fingerprint density at radius 1 is 0.585 bits per heavy atom. The molecule has 2 aliphatic rings. The van der Waals surface area contributed by atoms with Gasteiger partial charge in [-0.3, -0.25) is 29.2 Å². The number of carbonyl (C=O) groups excluding carboxylic acids is 4. The number of aliphatic imine (C=N–C) groups is 2. The van der Waals surface area contributed by atoms with E-state index in [-0.39, 0.29) is 43.1 Å². The van der Waals surface area contributed by atoms with Gasteiger partial charge in [-0.05, 0) is 117 Å². The largest absolute Gasteiger partial charge is 0.469 e. The van der Waals surface area contributed by atoms with Gasteiger partial charge in [-0.2, -0.15) is 0 Å². The van der Waals surface area contributed by atoms with E-state index in [2.05, 4.69) is 36.8 Å². The topological polar surface area (TPSA) is 161 Å². The Bertz CT molecular complexity index is 1980. The average molecular weight is 729 g/mol. The molecule has 0 bridgehead atoms. The molecule has 0 amide bonds. The van der Waals surface area contributed by atoms with Gasteiger partial charge in [0.2, 0.25) is 0 Å². The van der Waals surface area contributed by atoms with Gasteiger partial charge in [0.15, 0.2) is 0 Å². The normalized spacial score (nSPS) is 15.7. The van der Waals surface area contributed by atoms with E-state index in [0.717, 1.165) is 90.9 Å². The maximum Gasteiger partial charge on any atom is 0.310 e. The molecule has 0 fully saturated rings.